The highest BCUT2D eigenvalue weighted by Crippen LogP contribution is 2.38. The highest BCUT2D eigenvalue weighted by molar-refractivity contribution is 7.99. The number of methoxy groups -OCH3 is 1. The monoisotopic (exact) mass is 517 g/mol. The molecule has 1 aromatic heterocycles. The minimum Gasteiger partial charge on any atom is -0.465 e. The van der Waals surface area contributed by atoms with E-state index in [-0.39, 0.29) is 22.8 Å². The predicted molar refractivity (Wildman–Crippen MR) is 119 cm³/mol. The van der Waals surface area contributed by atoms with Crippen molar-refractivity contribution in [1.29, 1.82) is 0 Å². The lowest BCUT2D eigenvalue weighted by molar-refractivity contribution is -0.141. The van der Waals surface area contributed by atoms with Gasteiger partial charge in [0.25, 0.3) is 0 Å². The lowest BCUT2D eigenvalue weighted by Crippen LogP contribution is -2.09. The maximum atomic E-state index is 13.6. The first kappa shape index (κ1) is 24.9. The zero-order valence-electron chi connectivity index (χ0n) is 17.2. The van der Waals surface area contributed by atoms with E-state index in [0.717, 1.165) is 22.7 Å². The van der Waals surface area contributed by atoms with E-state index in [1.54, 1.807) is 30.3 Å². The van der Waals surface area contributed by atoms with E-state index in [1.807, 2.05) is 0 Å². The molecule has 0 aliphatic rings. The molecule has 0 saturated heterocycles. The predicted octanol–water partition coefficient (Wildman–Crippen LogP) is 6.23. The zero-order valence-corrected chi connectivity index (χ0v) is 19.5. The minimum atomic E-state index is -4.74. The number of nitrogens with zero attached hydrogens (tertiary/aromatic N) is 3. The van der Waals surface area contributed by atoms with Crippen molar-refractivity contribution >= 4 is 47.1 Å². The van der Waals surface area contributed by atoms with Gasteiger partial charge in [-0.25, -0.2) is 4.79 Å². The third-order valence-corrected chi connectivity index (χ3v) is 6.13. The summed E-state index contributed by atoms with van der Waals surface area (Å²) >= 11 is 12.8. The fourth-order valence-corrected chi connectivity index (χ4v) is 4.26. The van der Waals surface area contributed by atoms with Crippen molar-refractivity contribution in [3.8, 4) is 0 Å². The number of oxime groups is 1. The van der Waals surface area contributed by atoms with Crippen LogP contribution in [0.25, 0.3) is 0 Å². The summed E-state index contributed by atoms with van der Waals surface area (Å²) in [5.41, 5.74) is -0.685. The van der Waals surface area contributed by atoms with Crippen LogP contribution in [0.4, 0.5) is 13.2 Å². The number of carbonyl (C=O) groups is 1. The normalized spacial score (nSPS) is 11.7. The Morgan fingerprint density at radius 1 is 1.24 bits per heavy atom. The molecule has 2 aromatic carbocycles. The SMILES string of the molecule is COC(=O)c1ccccc1Sc1c(C=NOCc2ccc(Cl)cc2Cl)c(C(F)(F)F)nn1C. The Kier molecular flexibility index (Phi) is 7.93. The summed E-state index contributed by atoms with van der Waals surface area (Å²) in [6, 6.07) is 11.1. The number of hydrogen-bond donors (Lipinski definition) is 0. The Hall–Kier alpha value is -2.69. The Bertz CT molecular complexity index is 1200. The number of benzene rings is 2. The van der Waals surface area contributed by atoms with Crippen LogP contribution in [-0.4, -0.2) is 29.1 Å². The Labute approximate surface area is 201 Å². The second kappa shape index (κ2) is 10.5. The van der Waals surface area contributed by atoms with Gasteiger partial charge in [0, 0.05) is 27.6 Å². The van der Waals surface area contributed by atoms with Crippen molar-refractivity contribution in [3.63, 3.8) is 0 Å². The van der Waals surface area contributed by atoms with Gasteiger partial charge in [-0.3, -0.25) is 4.68 Å². The van der Waals surface area contributed by atoms with E-state index in [2.05, 4.69) is 10.3 Å². The second-order valence-corrected chi connectivity index (χ2v) is 8.40. The number of aromatic nitrogens is 2. The van der Waals surface area contributed by atoms with Gasteiger partial charge in [-0.1, -0.05) is 58.3 Å². The zero-order chi connectivity index (χ0) is 24.2. The summed E-state index contributed by atoms with van der Waals surface area (Å²) < 4.78 is 46.7. The van der Waals surface area contributed by atoms with Gasteiger partial charge in [-0.15, -0.1) is 0 Å². The van der Waals surface area contributed by atoms with Gasteiger partial charge in [0.05, 0.1) is 24.5 Å². The molecule has 3 aromatic rings. The topological polar surface area (TPSA) is 65.7 Å². The molecule has 6 nitrogen and oxygen atoms in total. The fraction of sp³-hybridized carbons (Fsp3) is 0.190. The molecule has 0 amide bonds. The van der Waals surface area contributed by atoms with Gasteiger partial charge in [0.15, 0.2) is 5.69 Å². The molecule has 0 atom stereocenters. The van der Waals surface area contributed by atoms with E-state index >= 15 is 0 Å². The average molecular weight is 518 g/mol. The van der Waals surface area contributed by atoms with Crippen molar-refractivity contribution in [2.75, 3.05) is 7.11 Å². The van der Waals surface area contributed by atoms with Crippen LogP contribution >= 0.6 is 35.0 Å². The summed E-state index contributed by atoms with van der Waals surface area (Å²) in [6.07, 6.45) is -3.80. The number of alkyl halides is 3. The summed E-state index contributed by atoms with van der Waals surface area (Å²) in [4.78, 5) is 17.6. The molecule has 0 spiro atoms. The first-order chi connectivity index (χ1) is 15.6. The number of halogens is 5. The summed E-state index contributed by atoms with van der Waals surface area (Å²) in [5, 5.41) is 8.18. The Balaban J connectivity index is 1.92. The lowest BCUT2D eigenvalue weighted by Gasteiger charge is -2.09. The molecule has 0 fully saturated rings. The number of esters is 1. The summed E-state index contributed by atoms with van der Waals surface area (Å²) in [5.74, 6) is -0.616. The standard InChI is InChI=1S/C21H16Cl2F3N3O3S/c1-29-19(33-17-6-4-3-5-14(17)20(30)31-2)15(18(28-29)21(24,25)26)10-27-32-11-12-7-8-13(22)9-16(12)23/h3-10H,11H2,1-2H3. The molecule has 1 heterocycles. The fourth-order valence-electron chi connectivity index (χ4n) is 2.75. The number of ether oxygens (including phenoxy) is 1. The van der Waals surface area contributed by atoms with Crippen LogP contribution in [0.3, 0.4) is 0 Å². The maximum Gasteiger partial charge on any atom is 0.435 e. The number of carbonyl (C=O) groups excluding carboxylic acids is 1. The highest BCUT2D eigenvalue weighted by Gasteiger charge is 2.39. The van der Waals surface area contributed by atoms with Gasteiger partial charge < -0.3 is 9.57 Å². The van der Waals surface area contributed by atoms with E-state index in [1.165, 1.54) is 26.3 Å². The molecule has 12 heteroatoms. The molecular weight excluding hydrogens is 502 g/mol. The number of aryl methyl sites for hydroxylation is 1. The van der Waals surface area contributed by atoms with E-state index in [9.17, 15) is 18.0 Å². The molecule has 0 N–H and O–H groups in total. The van der Waals surface area contributed by atoms with E-state index in [4.69, 9.17) is 32.8 Å². The van der Waals surface area contributed by atoms with Crippen molar-refractivity contribution in [1.82, 2.24) is 9.78 Å². The Morgan fingerprint density at radius 3 is 2.64 bits per heavy atom. The average Bonchev–Trinajstić information content (AvgIpc) is 3.08. The molecule has 0 aliphatic carbocycles. The number of rotatable bonds is 7. The number of hydrogen-bond acceptors (Lipinski definition) is 6. The van der Waals surface area contributed by atoms with Crippen LogP contribution in [0.2, 0.25) is 10.0 Å². The van der Waals surface area contributed by atoms with Crippen molar-refractivity contribution in [2.45, 2.75) is 22.7 Å². The Morgan fingerprint density at radius 2 is 1.97 bits per heavy atom. The smallest absolute Gasteiger partial charge is 0.435 e. The van der Waals surface area contributed by atoms with Crippen LogP contribution in [0.15, 0.2) is 57.5 Å². The highest BCUT2D eigenvalue weighted by atomic mass is 35.5. The van der Waals surface area contributed by atoms with Gasteiger partial charge in [-0.05, 0) is 24.3 Å². The summed E-state index contributed by atoms with van der Waals surface area (Å²) in [7, 11) is 2.59. The first-order valence-electron chi connectivity index (χ1n) is 9.20. The third-order valence-electron chi connectivity index (χ3n) is 4.29. The van der Waals surface area contributed by atoms with Crippen molar-refractivity contribution in [3.05, 3.63) is 74.9 Å². The quantitative estimate of drug-likeness (QED) is 0.211. The largest absolute Gasteiger partial charge is 0.465 e. The summed E-state index contributed by atoms with van der Waals surface area (Å²) in [6.45, 7) is -0.0816. The van der Waals surface area contributed by atoms with E-state index in [0.29, 0.717) is 20.5 Å². The van der Waals surface area contributed by atoms with Gasteiger partial charge >= 0.3 is 12.1 Å². The molecule has 33 heavy (non-hydrogen) atoms. The van der Waals surface area contributed by atoms with Crippen LogP contribution in [-0.2, 0) is 29.4 Å². The molecule has 0 radical (unpaired) electrons. The molecule has 3 rings (SSSR count). The maximum absolute atomic E-state index is 13.6. The molecule has 0 saturated carbocycles. The molecule has 0 bridgehead atoms. The molecule has 174 valence electrons. The van der Waals surface area contributed by atoms with Crippen LogP contribution < -0.4 is 0 Å². The minimum absolute atomic E-state index is 0.0816. The molecule has 0 aliphatic heterocycles. The van der Waals surface area contributed by atoms with Crippen molar-refractivity contribution < 1.29 is 27.5 Å². The van der Waals surface area contributed by atoms with Gasteiger partial charge in [-0.2, -0.15) is 18.3 Å². The first-order valence-corrected chi connectivity index (χ1v) is 10.8. The van der Waals surface area contributed by atoms with Crippen LogP contribution in [0, 0.1) is 0 Å². The molecule has 0 unspecified atom stereocenters. The van der Waals surface area contributed by atoms with Gasteiger partial charge in [0.1, 0.15) is 11.6 Å². The lowest BCUT2D eigenvalue weighted by atomic mass is 10.2. The van der Waals surface area contributed by atoms with Crippen molar-refractivity contribution in [2.24, 2.45) is 12.2 Å². The third kappa shape index (κ3) is 6.01. The second-order valence-electron chi connectivity index (χ2n) is 6.52. The van der Waals surface area contributed by atoms with E-state index < -0.39 is 17.8 Å². The van der Waals surface area contributed by atoms with Crippen LogP contribution in [0.1, 0.15) is 27.2 Å². The molecular formula is C21H16Cl2F3N3O3S. The van der Waals surface area contributed by atoms with Gasteiger partial charge in [0.2, 0.25) is 0 Å². The van der Waals surface area contributed by atoms with Crippen LogP contribution in [0.5, 0.6) is 0 Å².